The van der Waals surface area contributed by atoms with Crippen LogP contribution in [0.25, 0.3) is 22.0 Å². The summed E-state index contributed by atoms with van der Waals surface area (Å²) in [5.41, 5.74) is 10.2. The first-order chi connectivity index (χ1) is 14.1. The third kappa shape index (κ3) is 4.61. The van der Waals surface area contributed by atoms with Crippen LogP contribution in [0.3, 0.4) is 0 Å². The molecule has 0 fully saturated rings. The summed E-state index contributed by atoms with van der Waals surface area (Å²) >= 11 is 0. The van der Waals surface area contributed by atoms with Crippen molar-refractivity contribution in [3.05, 3.63) is 90.0 Å². The molecule has 4 heteroatoms. The van der Waals surface area contributed by atoms with Crippen LogP contribution in [0.4, 0.5) is 5.82 Å². The summed E-state index contributed by atoms with van der Waals surface area (Å²) in [6, 6.07) is 27.5. The van der Waals surface area contributed by atoms with Crippen molar-refractivity contribution in [1.29, 1.82) is 0 Å². The highest BCUT2D eigenvalue weighted by Gasteiger charge is 2.11. The summed E-state index contributed by atoms with van der Waals surface area (Å²) in [5.74, 6) is 0.892. The second kappa shape index (κ2) is 8.41. The molecular weight excluding hydrogens is 356 g/mol. The van der Waals surface area contributed by atoms with E-state index in [0.717, 1.165) is 24.3 Å². The van der Waals surface area contributed by atoms with Crippen molar-refractivity contribution in [1.82, 2.24) is 15.1 Å². The number of hydrogen-bond acceptors (Lipinski definition) is 4. The topological polar surface area (TPSA) is 55.0 Å². The van der Waals surface area contributed by atoms with Gasteiger partial charge in [0.15, 0.2) is 0 Å². The van der Waals surface area contributed by atoms with E-state index < -0.39 is 0 Å². The predicted octanol–water partition coefficient (Wildman–Crippen LogP) is 5.11. The first-order valence-corrected chi connectivity index (χ1v) is 9.94. The van der Waals surface area contributed by atoms with E-state index in [-0.39, 0.29) is 0 Å². The Hall–Kier alpha value is -3.24. The molecule has 1 aromatic heterocycles. The van der Waals surface area contributed by atoms with Crippen LogP contribution in [0, 0.1) is 0 Å². The lowest BCUT2D eigenvalue weighted by molar-refractivity contribution is 0.310. The molecule has 0 saturated heterocycles. The Labute approximate surface area is 172 Å². The Kier molecular flexibility index (Phi) is 5.54. The molecule has 0 radical (unpaired) electrons. The van der Waals surface area contributed by atoms with Gasteiger partial charge >= 0.3 is 0 Å². The molecule has 2 N–H and O–H groups in total. The van der Waals surface area contributed by atoms with Gasteiger partial charge in [0.1, 0.15) is 5.82 Å². The Morgan fingerprint density at radius 3 is 2.48 bits per heavy atom. The minimum atomic E-state index is 0.437. The van der Waals surface area contributed by atoms with Gasteiger partial charge in [-0.05, 0) is 53.1 Å². The zero-order valence-electron chi connectivity index (χ0n) is 16.9. The van der Waals surface area contributed by atoms with Gasteiger partial charge in [-0.15, -0.1) is 10.2 Å². The third-order valence-electron chi connectivity index (χ3n) is 5.29. The van der Waals surface area contributed by atoms with E-state index in [4.69, 9.17) is 5.73 Å². The summed E-state index contributed by atoms with van der Waals surface area (Å²) in [5, 5.41) is 10.7. The van der Waals surface area contributed by atoms with Crippen molar-refractivity contribution in [2.45, 2.75) is 19.4 Å². The van der Waals surface area contributed by atoms with Crippen LogP contribution in [-0.4, -0.2) is 28.7 Å². The van der Waals surface area contributed by atoms with E-state index in [1.165, 1.54) is 21.9 Å². The standard InChI is InChI=1S/C25H26N4/c1-18(21-11-10-20-7-3-4-8-22(20)15-21)16-29(2)17-19-6-5-9-23(14-19)24-12-13-25(26)28-27-24/h3-15,18H,16-17H2,1-2H3,(H2,26,28). The molecule has 0 spiro atoms. The smallest absolute Gasteiger partial charge is 0.146 e. The summed E-state index contributed by atoms with van der Waals surface area (Å²) in [6.45, 7) is 4.17. The van der Waals surface area contributed by atoms with Gasteiger partial charge in [-0.3, -0.25) is 0 Å². The summed E-state index contributed by atoms with van der Waals surface area (Å²) < 4.78 is 0. The number of nitrogen functional groups attached to an aromatic ring is 1. The van der Waals surface area contributed by atoms with Gasteiger partial charge in [-0.1, -0.05) is 67.6 Å². The molecule has 29 heavy (non-hydrogen) atoms. The lowest BCUT2D eigenvalue weighted by Crippen LogP contribution is -2.23. The molecule has 146 valence electrons. The molecule has 3 aromatic carbocycles. The van der Waals surface area contributed by atoms with E-state index in [0.29, 0.717) is 11.7 Å². The summed E-state index contributed by atoms with van der Waals surface area (Å²) in [7, 11) is 2.17. The molecule has 0 aliphatic heterocycles. The van der Waals surface area contributed by atoms with Crippen LogP contribution in [0.5, 0.6) is 0 Å². The molecule has 0 aliphatic rings. The zero-order valence-corrected chi connectivity index (χ0v) is 16.9. The quantitative estimate of drug-likeness (QED) is 0.503. The fourth-order valence-electron chi connectivity index (χ4n) is 3.79. The first kappa shape index (κ1) is 19.1. The number of benzene rings is 3. The molecular formula is C25H26N4. The Balaban J connectivity index is 1.44. The zero-order chi connectivity index (χ0) is 20.2. The van der Waals surface area contributed by atoms with Crippen molar-refractivity contribution >= 4 is 16.6 Å². The van der Waals surface area contributed by atoms with E-state index >= 15 is 0 Å². The van der Waals surface area contributed by atoms with E-state index in [2.05, 4.69) is 95.8 Å². The van der Waals surface area contributed by atoms with Gasteiger partial charge in [0.25, 0.3) is 0 Å². The van der Waals surface area contributed by atoms with Crippen molar-refractivity contribution in [2.24, 2.45) is 0 Å². The summed E-state index contributed by atoms with van der Waals surface area (Å²) in [6.07, 6.45) is 0. The molecule has 1 atom stereocenters. The number of aromatic nitrogens is 2. The van der Waals surface area contributed by atoms with Gasteiger partial charge in [0.05, 0.1) is 5.69 Å². The highest BCUT2D eigenvalue weighted by Crippen LogP contribution is 2.23. The first-order valence-electron chi connectivity index (χ1n) is 9.94. The normalized spacial score (nSPS) is 12.4. The van der Waals surface area contributed by atoms with Gasteiger partial charge in [0, 0.05) is 18.7 Å². The second-order valence-electron chi connectivity index (χ2n) is 7.75. The fraction of sp³-hybridized carbons (Fsp3) is 0.200. The molecule has 0 amide bonds. The number of hydrogen-bond donors (Lipinski definition) is 1. The maximum absolute atomic E-state index is 5.65. The van der Waals surface area contributed by atoms with Gasteiger partial charge in [-0.25, -0.2) is 0 Å². The third-order valence-corrected chi connectivity index (χ3v) is 5.29. The highest BCUT2D eigenvalue weighted by atomic mass is 15.1. The Morgan fingerprint density at radius 1 is 0.862 bits per heavy atom. The monoisotopic (exact) mass is 382 g/mol. The van der Waals surface area contributed by atoms with Crippen LogP contribution >= 0.6 is 0 Å². The number of rotatable bonds is 6. The van der Waals surface area contributed by atoms with Gasteiger partial charge in [0.2, 0.25) is 0 Å². The van der Waals surface area contributed by atoms with Crippen LogP contribution in [0.1, 0.15) is 24.0 Å². The second-order valence-corrected chi connectivity index (χ2v) is 7.75. The van der Waals surface area contributed by atoms with Crippen LogP contribution < -0.4 is 5.73 Å². The molecule has 4 rings (SSSR count). The van der Waals surface area contributed by atoms with Gasteiger partial charge in [-0.2, -0.15) is 0 Å². The lowest BCUT2D eigenvalue weighted by Gasteiger charge is -2.22. The molecule has 4 nitrogen and oxygen atoms in total. The van der Waals surface area contributed by atoms with Crippen molar-refractivity contribution in [3.8, 4) is 11.3 Å². The van der Waals surface area contributed by atoms with Crippen molar-refractivity contribution < 1.29 is 0 Å². The van der Waals surface area contributed by atoms with Crippen LogP contribution in [0.15, 0.2) is 78.9 Å². The van der Waals surface area contributed by atoms with Crippen molar-refractivity contribution in [3.63, 3.8) is 0 Å². The van der Waals surface area contributed by atoms with E-state index in [1.807, 2.05) is 6.07 Å². The average molecular weight is 383 g/mol. The van der Waals surface area contributed by atoms with Crippen molar-refractivity contribution in [2.75, 3.05) is 19.3 Å². The van der Waals surface area contributed by atoms with E-state index in [9.17, 15) is 0 Å². The Bertz CT molecular complexity index is 1110. The highest BCUT2D eigenvalue weighted by molar-refractivity contribution is 5.83. The molecule has 1 unspecified atom stereocenters. The minimum Gasteiger partial charge on any atom is -0.382 e. The predicted molar refractivity (Wildman–Crippen MR) is 121 cm³/mol. The van der Waals surface area contributed by atoms with Crippen LogP contribution in [0.2, 0.25) is 0 Å². The molecule has 0 bridgehead atoms. The SMILES string of the molecule is CC(CN(C)Cc1cccc(-c2ccc(N)nn2)c1)c1ccc2ccccc2c1. The average Bonchev–Trinajstić information content (AvgIpc) is 2.74. The molecule has 1 heterocycles. The number of likely N-dealkylation sites (N-methyl/N-ethyl adjacent to an activating group) is 1. The molecule has 0 aliphatic carbocycles. The number of fused-ring (bicyclic) bond motifs is 1. The lowest BCUT2D eigenvalue weighted by atomic mass is 9.97. The maximum atomic E-state index is 5.65. The number of nitrogens with zero attached hydrogens (tertiary/aromatic N) is 3. The van der Waals surface area contributed by atoms with Crippen LogP contribution in [-0.2, 0) is 6.54 Å². The number of nitrogens with two attached hydrogens (primary N) is 1. The summed E-state index contributed by atoms with van der Waals surface area (Å²) in [4.78, 5) is 2.37. The molecule has 4 aromatic rings. The van der Waals surface area contributed by atoms with Gasteiger partial charge < -0.3 is 10.6 Å². The number of anilines is 1. The fourth-order valence-corrected chi connectivity index (χ4v) is 3.79. The molecule has 0 saturated carbocycles. The van der Waals surface area contributed by atoms with E-state index in [1.54, 1.807) is 6.07 Å². The minimum absolute atomic E-state index is 0.437. The maximum Gasteiger partial charge on any atom is 0.146 e. The largest absolute Gasteiger partial charge is 0.382 e. The Morgan fingerprint density at radius 2 is 1.69 bits per heavy atom.